The number of hydrogen-bond acceptors (Lipinski definition) is 2. The van der Waals surface area contributed by atoms with E-state index in [1.165, 1.54) is 5.52 Å². The van der Waals surface area contributed by atoms with Crippen molar-refractivity contribution in [1.82, 2.24) is 4.68 Å². The summed E-state index contributed by atoms with van der Waals surface area (Å²) in [5, 5.41) is 6.76. The molecule has 2 aromatic carbocycles. The zero-order valence-electron chi connectivity index (χ0n) is 11.8. The summed E-state index contributed by atoms with van der Waals surface area (Å²) >= 11 is 7.77. The Morgan fingerprint density at radius 1 is 1.14 bits per heavy atom. The molecule has 22 heavy (non-hydrogen) atoms. The van der Waals surface area contributed by atoms with Crippen LogP contribution in [0.25, 0.3) is 11.0 Å². The summed E-state index contributed by atoms with van der Waals surface area (Å²) in [6, 6.07) is 16.2. The van der Waals surface area contributed by atoms with Crippen LogP contribution in [-0.4, -0.2) is 16.1 Å². The van der Waals surface area contributed by atoms with Gasteiger partial charge in [0.25, 0.3) is 0 Å². The second kappa shape index (κ2) is 6.07. The summed E-state index contributed by atoms with van der Waals surface area (Å²) in [4.78, 5) is 0. The molecule has 0 saturated carbocycles. The van der Waals surface area contributed by atoms with Gasteiger partial charge < -0.3 is 17.0 Å². The molecule has 2 heterocycles. The molecule has 112 valence electrons. The van der Waals surface area contributed by atoms with Gasteiger partial charge >= 0.3 is 5.16 Å². The van der Waals surface area contributed by atoms with Crippen LogP contribution in [0.2, 0.25) is 5.02 Å². The van der Waals surface area contributed by atoms with Gasteiger partial charge in [0.05, 0.1) is 12.8 Å². The first kappa shape index (κ1) is 15.6. The number of nitrogens with zero attached hydrogens (tertiary/aromatic N) is 3. The average Bonchev–Trinajstić information content (AvgIpc) is 2.81. The number of hydrogen-bond donors (Lipinski definition) is 0. The monoisotopic (exact) mass is 393 g/mol. The van der Waals surface area contributed by atoms with E-state index in [9.17, 15) is 0 Å². The molecule has 0 spiro atoms. The molecule has 6 heteroatoms. The minimum Gasteiger partial charge on any atom is -1.00 e. The van der Waals surface area contributed by atoms with E-state index < -0.39 is 0 Å². The van der Waals surface area contributed by atoms with Gasteiger partial charge in [-0.1, -0.05) is 45.6 Å². The molecule has 1 aromatic heterocycles. The molecule has 0 N–H and O–H groups in total. The average molecular weight is 395 g/mol. The quantitative estimate of drug-likeness (QED) is 0.550. The van der Waals surface area contributed by atoms with E-state index in [0.717, 1.165) is 32.7 Å². The van der Waals surface area contributed by atoms with Gasteiger partial charge in [0.15, 0.2) is 5.52 Å². The molecule has 0 radical (unpaired) electrons. The van der Waals surface area contributed by atoms with Crippen LogP contribution in [0.5, 0.6) is 0 Å². The highest BCUT2D eigenvalue weighted by molar-refractivity contribution is 7.99. The van der Waals surface area contributed by atoms with Crippen LogP contribution in [0.4, 0.5) is 0 Å². The highest BCUT2D eigenvalue weighted by Gasteiger charge is 2.28. The third-order valence-electron chi connectivity index (χ3n) is 3.68. The minimum absolute atomic E-state index is 0. The number of thioether (sulfide) groups is 1. The molecule has 0 amide bonds. The standard InChI is InChI=1S/C16H13ClN3S.BrH/c1-19-14-4-2-3-5-15(14)20-16(19)21-10-13(18-20)11-6-8-12(17)9-7-11;/h2-9H,10H2,1H3;1H/q+1;/p-1. The Morgan fingerprint density at radius 2 is 1.86 bits per heavy atom. The number of aromatic nitrogens is 2. The fourth-order valence-electron chi connectivity index (χ4n) is 2.60. The van der Waals surface area contributed by atoms with E-state index in [4.69, 9.17) is 16.7 Å². The fraction of sp³-hybridized carbons (Fsp3) is 0.125. The van der Waals surface area contributed by atoms with Gasteiger partial charge in [-0.3, -0.25) is 0 Å². The van der Waals surface area contributed by atoms with Crippen LogP contribution >= 0.6 is 23.4 Å². The van der Waals surface area contributed by atoms with Gasteiger partial charge in [-0.25, -0.2) is 4.57 Å². The first-order valence-corrected chi connectivity index (χ1v) is 8.06. The summed E-state index contributed by atoms with van der Waals surface area (Å²) in [7, 11) is 2.09. The first-order chi connectivity index (χ1) is 10.2. The molecule has 0 bridgehead atoms. The summed E-state index contributed by atoms with van der Waals surface area (Å²) in [6.45, 7) is 0. The minimum atomic E-state index is 0. The highest BCUT2D eigenvalue weighted by Crippen LogP contribution is 2.27. The van der Waals surface area contributed by atoms with Gasteiger partial charge in [-0.2, -0.15) is 0 Å². The Kier molecular flexibility index (Phi) is 4.30. The molecule has 0 atom stereocenters. The van der Waals surface area contributed by atoms with Crippen molar-refractivity contribution < 1.29 is 21.5 Å². The SMILES string of the molecule is C[n+]1c2n(c3ccccc31)N=C(c1ccc(Cl)cc1)CS2.[Br-]. The van der Waals surface area contributed by atoms with Crippen molar-refractivity contribution in [3.05, 3.63) is 59.1 Å². The Labute approximate surface area is 148 Å². The zero-order chi connectivity index (χ0) is 14.4. The Hall–Kier alpha value is -1.30. The van der Waals surface area contributed by atoms with Gasteiger partial charge in [0, 0.05) is 10.6 Å². The van der Waals surface area contributed by atoms with Crippen molar-refractivity contribution in [3.63, 3.8) is 0 Å². The van der Waals surface area contributed by atoms with E-state index in [2.05, 4.69) is 29.8 Å². The molecule has 0 saturated heterocycles. The molecular formula is C16H13BrClN3S. The Balaban J connectivity index is 0.00000144. The Morgan fingerprint density at radius 3 is 2.64 bits per heavy atom. The highest BCUT2D eigenvalue weighted by atomic mass is 79.9. The van der Waals surface area contributed by atoms with E-state index in [-0.39, 0.29) is 17.0 Å². The molecule has 3 aromatic rings. The number of rotatable bonds is 1. The maximum absolute atomic E-state index is 5.96. The van der Waals surface area contributed by atoms with E-state index in [0.29, 0.717) is 0 Å². The van der Waals surface area contributed by atoms with Gasteiger partial charge in [-0.05, 0) is 36.0 Å². The van der Waals surface area contributed by atoms with Crippen molar-refractivity contribution in [2.75, 3.05) is 5.75 Å². The van der Waals surface area contributed by atoms with Crippen LogP contribution < -0.4 is 21.5 Å². The molecule has 0 aliphatic carbocycles. The zero-order valence-corrected chi connectivity index (χ0v) is 15.0. The van der Waals surface area contributed by atoms with Crippen molar-refractivity contribution in [2.45, 2.75) is 5.16 Å². The molecule has 0 fully saturated rings. The summed E-state index contributed by atoms with van der Waals surface area (Å²) < 4.78 is 4.23. The summed E-state index contributed by atoms with van der Waals surface area (Å²) in [6.07, 6.45) is 0. The second-order valence-corrected chi connectivity index (χ2v) is 6.36. The lowest BCUT2D eigenvalue weighted by Gasteiger charge is -2.09. The predicted octanol–water partition coefficient (Wildman–Crippen LogP) is 0.481. The molecule has 1 aliphatic rings. The number of fused-ring (bicyclic) bond motifs is 3. The van der Waals surface area contributed by atoms with Crippen LogP contribution in [0, 0.1) is 0 Å². The predicted molar refractivity (Wildman–Crippen MR) is 87.2 cm³/mol. The number of aryl methyl sites for hydroxylation is 1. The van der Waals surface area contributed by atoms with Crippen molar-refractivity contribution in [1.29, 1.82) is 0 Å². The Bertz CT molecular complexity index is 871. The van der Waals surface area contributed by atoms with Crippen molar-refractivity contribution >= 4 is 40.1 Å². The molecular weight excluding hydrogens is 382 g/mol. The third kappa shape index (κ3) is 2.47. The van der Waals surface area contributed by atoms with Gasteiger partial charge in [0.1, 0.15) is 5.71 Å². The van der Waals surface area contributed by atoms with Crippen LogP contribution in [-0.2, 0) is 7.05 Å². The second-order valence-electron chi connectivity index (χ2n) is 4.98. The van der Waals surface area contributed by atoms with Crippen molar-refractivity contribution in [2.24, 2.45) is 12.1 Å². The maximum atomic E-state index is 5.96. The summed E-state index contributed by atoms with van der Waals surface area (Å²) in [5.74, 6) is 0.867. The fourth-order valence-corrected chi connectivity index (χ4v) is 3.77. The van der Waals surface area contributed by atoms with Crippen molar-refractivity contribution in [3.8, 4) is 0 Å². The lowest BCUT2D eigenvalue weighted by molar-refractivity contribution is -0.685. The summed E-state index contributed by atoms with van der Waals surface area (Å²) in [5.41, 5.74) is 4.53. The topological polar surface area (TPSA) is 21.2 Å². The van der Waals surface area contributed by atoms with Crippen LogP contribution in [0.3, 0.4) is 0 Å². The van der Waals surface area contributed by atoms with E-state index >= 15 is 0 Å². The number of halogens is 2. The largest absolute Gasteiger partial charge is 1.00 e. The van der Waals surface area contributed by atoms with E-state index in [1.807, 2.05) is 46.8 Å². The molecule has 1 aliphatic heterocycles. The normalized spacial score (nSPS) is 13.5. The molecule has 3 nitrogen and oxygen atoms in total. The number of imidazole rings is 1. The lowest BCUT2D eigenvalue weighted by atomic mass is 10.1. The number of para-hydroxylation sites is 2. The molecule has 0 unspecified atom stereocenters. The lowest BCUT2D eigenvalue weighted by Crippen LogP contribution is -3.00. The maximum Gasteiger partial charge on any atom is 0.344 e. The van der Waals surface area contributed by atoms with Gasteiger partial charge in [0.2, 0.25) is 5.52 Å². The van der Waals surface area contributed by atoms with Crippen LogP contribution in [0.15, 0.2) is 58.8 Å². The first-order valence-electron chi connectivity index (χ1n) is 6.70. The van der Waals surface area contributed by atoms with E-state index in [1.54, 1.807) is 0 Å². The third-order valence-corrected chi connectivity index (χ3v) is 5.05. The van der Waals surface area contributed by atoms with Crippen LogP contribution in [0.1, 0.15) is 5.56 Å². The number of benzene rings is 2. The molecule has 4 rings (SSSR count). The smallest absolute Gasteiger partial charge is 0.344 e. The van der Waals surface area contributed by atoms with Gasteiger partial charge in [-0.15, -0.1) is 0 Å².